The van der Waals surface area contributed by atoms with E-state index < -0.39 is 0 Å². The lowest BCUT2D eigenvalue weighted by Gasteiger charge is -2.16. The molecule has 0 saturated carbocycles. The number of anilines is 1. The lowest BCUT2D eigenvalue weighted by molar-refractivity contribution is -0.117. The summed E-state index contributed by atoms with van der Waals surface area (Å²) in [5, 5.41) is 4.57. The van der Waals surface area contributed by atoms with Gasteiger partial charge in [0.25, 0.3) is 0 Å². The molecule has 1 saturated heterocycles. The minimum Gasteiger partial charge on any atom is -0.339 e. The van der Waals surface area contributed by atoms with Crippen molar-refractivity contribution in [3.8, 4) is 11.4 Å². The number of carbonyl (C=O) groups excluding carboxylic acids is 1. The second-order valence-electron chi connectivity index (χ2n) is 6.31. The van der Waals surface area contributed by atoms with Crippen LogP contribution in [-0.2, 0) is 4.79 Å². The van der Waals surface area contributed by atoms with Gasteiger partial charge in [-0.05, 0) is 36.8 Å². The van der Waals surface area contributed by atoms with Gasteiger partial charge in [-0.2, -0.15) is 4.98 Å². The first-order chi connectivity index (χ1) is 12.5. The lowest BCUT2D eigenvalue weighted by atomic mass is 10.1. The molecular formula is C19H15ClFN3O2. The SMILES string of the molecule is Cc1ccc(N2C[C@@H](c3nc(-c4cccc(Cl)c4)no3)CC2=O)cc1F. The zero-order valence-corrected chi connectivity index (χ0v) is 14.7. The Morgan fingerprint density at radius 1 is 1.27 bits per heavy atom. The Morgan fingerprint density at radius 3 is 2.88 bits per heavy atom. The van der Waals surface area contributed by atoms with Gasteiger partial charge >= 0.3 is 0 Å². The van der Waals surface area contributed by atoms with Crippen LogP contribution in [0.4, 0.5) is 10.1 Å². The van der Waals surface area contributed by atoms with Gasteiger partial charge in [-0.25, -0.2) is 4.39 Å². The minimum absolute atomic E-state index is 0.0965. The van der Waals surface area contributed by atoms with Gasteiger partial charge in [-0.1, -0.05) is 35.0 Å². The molecule has 0 spiro atoms. The van der Waals surface area contributed by atoms with E-state index in [-0.39, 0.29) is 24.1 Å². The Balaban J connectivity index is 1.56. The third-order valence-electron chi connectivity index (χ3n) is 4.47. The summed E-state index contributed by atoms with van der Waals surface area (Å²) in [6, 6.07) is 11.9. The number of nitrogens with zero attached hydrogens (tertiary/aromatic N) is 3. The summed E-state index contributed by atoms with van der Waals surface area (Å²) in [5.41, 5.74) is 1.82. The van der Waals surface area contributed by atoms with Crippen LogP contribution >= 0.6 is 11.6 Å². The molecule has 2 heterocycles. The van der Waals surface area contributed by atoms with Crippen molar-refractivity contribution in [3.05, 3.63) is 64.8 Å². The summed E-state index contributed by atoms with van der Waals surface area (Å²) in [7, 11) is 0. The summed E-state index contributed by atoms with van der Waals surface area (Å²) in [4.78, 5) is 18.3. The van der Waals surface area contributed by atoms with Gasteiger partial charge in [-0.15, -0.1) is 0 Å². The van der Waals surface area contributed by atoms with E-state index >= 15 is 0 Å². The van der Waals surface area contributed by atoms with Crippen LogP contribution in [-0.4, -0.2) is 22.6 Å². The van der Waals surface area contributed by atoms with Gasteiger partial charge in [0, 0.05) is 29.2 Å². The first-order valence-corrected chi connectivity index (χ1v) is 8.55. The Kier molecular flexibility index (Phi) is 4.20. The number of hydrogen-bond donors (Lipinski definition) is 0. The van der Waals surface area contributed by atoms with Gasteiger partial charge in [-0.3, -0.25) is 4.79 Å². The number of hydrogen-bond acceptors (Lipinski definition) is 4. The lowest BCUT2D eigenvalue weighted by Crippen LogP contribution is -2.24. The summed E-state index contributed by atoms with van der Waals surface area (Å²) in [5.74, 6) is 0.158. The number of aromatic nitrogens is 2. The molecular weight excluding hydrogens is 357 g/mol. The highest BCUT2D eigenvalue weighted by atomic mass is 35.5. The quantitative estimate of drug-likeness (QED) is 0.686. The maximum absolute atomic E-state index is 13.8. The van der Waals surface area contributed by atoms with Crippen LogP contribution in [0.25, 0.3) is 11.4 Å². The van der Waals surface area contributed by atoms with Crippen molar-refractivity contribution in [3.63, 3.8) is 0 Å². The predicted molar refractivity (Wildman–Crippen MR) is 95.6 cm³/mol. The normalized spacial score (nSPS) is 17.1. The molecule has 0 bridgehead atoms. The van der Waals surface area contributed by atoms with Crippen LogP contribution in [0.3, 0.4) is 0 Å². The molecule has 132 valence electrons. The van der Waals surface area contributed by atoms with Crippen molar-refractivity contribution in [1.29, 1.82) is 0 Å². The monoisotopic (exact) mass is 371 g/mol. The van der Waals surface area contributed by atoms with Crippen LogP contribution < -0.4 is 4.90 Å². The zero-order chi connectivity index (χ0) is 18.3. The fraction of sp³-hybridized carbons (Fsp3) is 0.211. The van der Waals surface area contributed by atoms with Crippen LogP contribution in [0.2, 0.25) is 5.02 Å². The second kappa shape index (κ2) is 6.53. The van der Waals surface area contributed by atoms with Crippen molar-refractivity contribution in [2.75, 3.05) is 11.4 Å². The summed E-state index contributed by atoms with van der Waals surface area (Å²) in [6.45, 7) is 2.06. The second-order valence-corrected chi connectivity index (χ2v) is 6.74. The van der Waals surface area contributed by atoms with Crippen LogP contribution in [0.5, 0.6) is 0 Å². The molecule has 1 atom stereocenters. The topological polar surface area (TPSA) is 59.2 Å². The number of amides is 1. The average molecular weight is 372 g/mol. The molecule has 2 aromatic carbocycles. The third-order valence-corrected chi connectivity index (χ3v) is 4.70. The standard InChI is InChI=1S/C19H15ClFN3O2/c1-11-5-6-15(9-16(11)21)24-10-13(8-17(24)25)19-22-18(23-26-19)12-3-2-4-14(20)7-12/h2-7,9,13H,8,10H2,1H3/t13-/m0/s1. The molecule has 1 aliphatic rings. The highest BCUT2D eigenvalue weighted by Gasteiger charge is 2.35. The Morgan fingerprint density at radius 2 is 2.12 bits per heavy atom. The van der Waals surface area contributed by atoms with E-state index in [4.69, 9.17) is 16.1 Å². The smallest absolute Gasteiger partial charge is 0.232 e. The third kappa shape index (κ3) is 3.08. The van der Waals surface area contributed by atoms with Crippen molar-refractivity contribution in [2.24, 2.45) is 0 Å². The highest BCUT2D eigenvalue weighted by Crippen LogP contribution is 2.32. The van der Waals surface area contributed by atoms with E-state index in [0.717, 1.165) is 5.56 Å². The Bertz CT molecular complexity index is 988. The number of carbonyl (C=O) groups is 1. The Labute approximate surface area is 154 Å². The molecule has 0 N–H and O–H groups in total. The molecule has 1 amide bonds. The molecule has 1 aliphatic heterocycles. The molecule has 0 unspecified atom stereocenters. The number of halogens is 2. The number of benzene rings is 2. The summed E-state index contributed by atoms with van der Waals surface area (Å²) < 4.78 is 19.2. The molecule has 0 radical (unpaired) electrons. The maximum Gasteiger partial charge on any atom is 0.232 e. The van der Waals surface area contributed by atoms with E-state index in [0.29, 0.717) is 34.5 Å². The van der Waals surface area contributed by atoms with Gasteiger partial charge in [0.05, 0.1) is 5.92 Å². The summed E-state index contributed by atoms with van der Waals surface area (Å²) >= 11 is 5.99. The predicted octanol–water partition coefficient (Wildman–Crippen LogP) is 4.36. The first-order valence-electron chi connectivity index (χ1n) is 8.17. The van der Waals surface area contributed by atoms with Gasteiger partial charge in [0.15, 0.2) is 0 Å². The van der Waals surface area contributed by atoms with Crippen LogP contribution in [0, 0.1) is 12.7 Å². The largest absolute Gasteiger partial charge is 0.339 e. The molecule has 0 aliphatic carbocycles. The molecule has 1 aromatic heterocycles. The van der Waals surface area contributed by atoms with Crippen molar-refractivity contribution >= 4 is 23.2 Å². The number of rotatable bonds is 3. The van der Waals surface area contributed by atoms with Gasteiger partial charge in [0.2, 0.25) is 17.6 Å². The molecule has 26 heavy (non-hydrogen) atoms. The fourth-order valence-electron chi connectivity index (χ4n) is 3.02. The first kappa shape index (κ1) is 16.7. The molecule has 1 fully saturated rings. The van der Waals surface area contributed by atoms with E-state index in [1.807, 2.05) is 6.07 Å². The van der Waals surface area contributed by atoms with E-state index in [9.17, 15) is 9.18 Å². The highest BCUT2D eigenvalue weighted by molar-refractivity contribution is 6.30. The van der Waals surface area contributed by atoms with E-state index in [1.54, 1.807) is 42.2 Å². The molecule has 5 nitrogen and oxygen atoms in total. The van der Waals surface area contributed by atoms with Crippen molar-refractivity contribution in [1.82, 2.24) is 10.1 Å². The molecule has 3 aromatic rings. The van der Waals surface area contributed by atoms with Crippen molar-refractivity contribution in [2.45, 2.75) is 19.3 Å². The average Bonchev–Trinajstić information content (AvgIpc) is 3.24. The van der Waals surface area contributed by atoms with E-state index in [1.165, 1.54) is 6.07 Å². The maximum atomic E-state index is 13.8. The Hall–Kier alpha value is -2.73. The van der Waals surface area contributed by atoms with Gasteiger partial charge in [0.1, 0.15) is 5.82 Å². The zero-order valence-electron chi connectivity index (χ0n) is 13.9. The van der Waals surface area contributed by atoms with Gasteiger partial charge < -0.3 is 9.42 Å². The minimum atomic E-state index is -0.334. The van der Waals surface area contributed by atoms with Crippen LogP contribution in [0.15, 0.2) is 47.0 Å². The number of aryl methyl sites for hydroxylation is 1. The summed E-state index contributed by atoms with van der Waals surface area (Å²) in [6.07, 6.45) is 0.243. The molecule has 4 rings (SSSR count). The molecule has 7 heteroatoms. The fourth-order valence-corrected chi connectivity index (χ4v) is 3.21. The van der Waals surface area contributed by atoms with Crippen LogP contribution in [0.1, 0.15) is 23.8 Å². The van der Waals surface area contributed by atoms with Crippen molar-refractivity contribution < 1.29 is 13.7 Å². The van der Waals surface area contributed by atoms with E-state index in [2.05, 4.69) is 10.1 Å².